The lowest BCUT2D eigenvalue weighted by Crippen LogP contribution is -2.45. The van der Waals surface area contributed by atoms with E-state index in [-0.39, 0.29) is 28.6 Å². The summed E-state index contributed by atoms with van der Waals surface area (Å²) < 4.78 is 37.6. The zero-order valence-corrected chi connectivity index (χ0v) is 22.9. The van der Waals surface area contributed by atoms with Crippen LogP contribution in [0.2, 0.25) is 5.02 Å². The van der Waals surface area contributed by atoms with E-state index >= 15 is 0 Å². The molecule has 0 spiro atoms. The highest BCUT2D eigenvalue weighted by atomic mass is 35.5. The van der Waals surface area contributed by atoms with Gasteiger partial charge < -0.3 is 20.0 Å². The summed E-state index contributed by atoms with van der Waals surface area (Å²) in [5, 5.41) is 4.16. The first-order chi connectivity index (χ1) is 18.2. The number of likely N-dealkylation sites (tertiary alicyclic amines) is 2. The second kappa shape index (κ2) is 12.0. The highest BCUT2D eigenvalue weighted by Crippen LogP contribution is 2.37. The molecule has 3 saturated heterocycles. The molecule has 38 heavy (non-hydrogen) atoms. The number of benzene rings is 2. The Morgan fingerprint density at radius 3 is 2.32 bits per heavy atom. The number of carbonyl (C=O) groups excluding carboxylic acids is 1. The number of hydrogen-bond acceptors (Lipinski definition) is 5. The van der Waals surface area contributed by atoms with E-state index in [1.54, 1.807) is 12.1 Å². The van der Waals surface area contributed by atoms with Crippen LogP contribution >= 0.6 is 23.4 Å². The summed E-state index contributed by atoms with van der Waals surface area (Å²) in [6.07, 6.45) is 3.28. The van der Waals surface area contributed by atoms with Gasteiger partial charge in [-0.15, -0.1) is 0 Å². The van der Waals surface area contributed by atoms with Gasteiger partial charge in [-0.3, -0.25) is 4.79 Å². The third kappa shape index (κ3) is 7.30. The molecule has 1 N–H and O–H groups in total. The van der Waals surface area contributed by atoms with Gasteiger partial charge in [0.2, 0.25) is 5.91 Å². The van der Waals surface area contributed by atoms with Crippen molar-refractivity contribution < 1.29 is 18.0 Å². The van der Waals surface area contributed by atoms with Crippen molar-refractivity contribution in [3.05, 3.63) is 53.6 Å². The molecule has 2 unspecified atom stereocenters. The zero-order chi connectivity index (χ0) is 26.7. The van der Waals surface area contributed by atoms with Crippen LogP contribution in [0.5, 0.6) is 0 Å². The largest absolute Gasteiger partial charge is 0.446 e. The highest BCUT2D eigenvalue weighted by molar-refractivity contribution is 8.00. The Kier molecular flexibility index (Phi) is 8.65. The smallest absolute Gasteiger partial charge is 0.381 e. The Morgan fingerprint density at radius 1 is 0.974 bits per heavy atom. The van der Waals surface area contributed by atoms with E-state index in [1.165, 1.54) is 17.8 Å². The molecular weight excluding hydrogens is 533 g/mol. The first-order valence-electron chi connectivity index (χ1n) is 13.3. The van der Waals surface area contributed by atoms with Gasteiger partial charge in [0.1, 0.15) is 0 Å². The molecule has 3 aliphatic rings. The molecular formula is C28H34ClF3N4OS. The van der Waals surface area contributed by atoms with Crippen LogP contribution in [0.4, 0.5) is 24.5 Å². The lowest BCUT2D eigenvalue weighted by Gasteiger charge is -2.34. The van der Waals surface area contributed by atoms with Crippen LogP contribution in [0.25, 0.3) is 0 Å². The van der Waals surface area contributed by atoms with Crippen molar-refractivity contribution in [1.29, 1.82) is 0 Å². The number of piperidine rings is 1. The SMILES string of the molecule is O=C(CCCN1CC2CN(c3ccc(Cl)cc3)CC2C1)N1CCC[C@H](Nc2ccc(SC(F)(F)F)cc2)C1. The molecule has 5 rings (SSSR count). The second-order valence-electron chi connectivity index (χ2n) is 10.7. The Morgan fingerprint density at radius 2 is 1.66 bits per heavy atom. The maximum Gasteiger partial charge on any atom is 0.446 e. The van der Waals surface area contributed by atoms with Crippen LogP contribution in [-0.2, 0) is 4.79 Å². The zero-order valence-electron chi connectivity index (χ0n) is 21.3. The number of hydrogen-bond donors (Lipinski definition) is 1. The summed E-state index contributed by atoms with van der Waals surface area (Å²) in [6, 6.07) is 14.5. The summed E-state index contributed by atoms with van der Waals surface area (Å²) in [5.74, 6) is 1.55. The van der Waals surface area contributed by atoms with Gasteiger partial charge in [-0.05, 0) is 97.9 Å². The highest BCUT2D eigenvalue weighted by Gasteiger charge is 2.39. The molecule has 0 bridgehead atoms. The van der Waals surface area contributed by atoms with Crippen molar-refractivity contribution in [2.45, 2.75) is 42.1 Å². The van der Waals surface area contributed by atoms with E-state index in [2.05, 4.69) is 27.2 Å². The molecule has 206 valence electrons. The molecule has 3 aliphatic heterocycles. The summed E-state index contributed by atoms with van der Waals surface area (Å²) in [5.41, 5.74) is -2.26. The molecule has 0 aromatic heterocycles. The van der Waals surface area contributed by atoms with Gasteiger partial charge in [0.25, 0.3) is 0 Å². The molecule has 10 heteroatoms. The monoisotopic (exact) mass is 566 g/mol. The predicted octanol–water partition coefficient (Wildman–Crippen LogP) is 6.20. The minimum Gasteiger partial charge on any atom is -0.381 e. The number of amides is 1. The summed E-state index contributed by atoms with van der Waals surface area (Å²) >= 11 is 5.92. The molecule has 5 nitrogen and oxygen atoms in total. The maximum absolute atomic E-state index is 12.9. The van der Waals surface area contributed by atoms with Gasteiger partial charge >= 0.3 is 5.51 Å². The quantitative estimate of drug-likeness (QED) is 0.385. The Bertz CT molecular complexity index is 1070. The molecule has 1 amide bonds. The Balaban J connectivity index is 1.01. The van der Waals surface area contributed by atoms with Crippen molar-refractivity contribution in [3.63, 3.8) is 0 Å². The van der Waals surface area contributed by atoms with Crippen molar-refractivity contribution in [2.24, 2.45) is 11.8 Å². The van der Waals surface area contributed by atoms with Gasteiger partial charge in [-0.1, -0.05) is 11.6 Å². The number of nitrogens with zero attached hydrogens (tertiary/aromatic N) is 3. The average molecular weight is 567 g/mol. The average Bonchev–Trinajstić information content (AvgIpc) is 3.44. The number of rotatable bonds is 8. The molecule has 0 aliphatic carbocycles. The fourth-order valence-electron chi connectivity index (χ4n) is 6.06. The van der Waals surface area contributed by atoms with Crippen LogP contribution in [0, 0.1) is 11.8 Å². The summed E-state index contributed by atoms with van der Waals surface area (Å²) in [4.78, 5) is 20.0. The Labute approximate surface area is 231 Å². The fraction of sp³-hybridized carbons (Fsp3) is 0.536. The standard InChI is InChI=1S/C28H34ClF3N4OS/c29-22-5-9-25(10-6-22)36-17-20-15-34(16-21(20)18-36)13-2-4-27(37)35-14-1-3-24(19-35)33-23-7-11-26(12-8-23)38-28(30,31)32/h5-12,20-21,24,33H,1-4,13-19H2/t20?,21?,24-/m0/s1. The molecule has 3 fully saturated rings. The first-order valence-corrected chi connectivity index (χ1v) is 14.5. The number of thioether (sulfide) groups is 1. The van der Waals surface area contributed by atoms with Crippen molar-refractivity contribution in [3.8, 4) is 0 Å². The molecule has 3 atom stereocenters. The predicted molar refractivity (Wildman–Crippen MR) is 148 cm³/mol. The fourth-order valence-corrected chi connectivity index (χ4v) is 6.72. The van der Waals surface area contributed by atoms with Crippen molar-refractivity contribution in [2.75, 3.05) is 56.0 Å². The lowest BCUT2D eigenvalue weighted by molar-refractivity contribution is -0.132. The van der Waals surface area contributed by atoms with E-state index in [0.717, 1.165) is 69.2 Å². The molecule has 2 aromatic rings. The van der Waals surface area contributed by atoms with Crippen LogP contribution < -0.4 is 10.2 Å². The number of carbonyl (C=O) groups is 1. The van der Waals surface area contributed by atoms with Crippen LogP contribution in [-0.4, -0.2) is 73.1 Å². The normalized spacial score (nSPS) is 24.1. The first kappa shape index (κ1) is 27.5. The number of nitrogens with one attached hydrogen (secondary N) is 1. The second-order valence-corrected chi connectivity index (χ2v) is 12.2. The van der Waals surface area contributed by atoms with Gasteiger partial charge in [0.15, 0.2) is 0 Å². The summed E-state index contributed by atoms with van der Waals surface area (Å²) in [6.45, 7) is 6.70. The maximum atomic E-state index is 12.9. The minimum absolute atomic E-state index is 0.107. The Hall–Kier alpha value is -2.10. The molecule has 2 aromatic carbocycles. The van der Waals surface area contributed by atoms with Crippen molar-refractivity contribution >= 4 is 40.6 Å². The molecule has 3 heterocycles. The van der Waals surface area contributed by atoms with E-state index in [1.807, 2.05) is 17.0 Å². The number of alkyl halides is 3. The van der Waals surface area contributed by atoms with Gasteiger partial charge in [0.05, 0.1) is 0 Å². The van der Waals surface area contributed by atoms with Gasteiger partial charge in [0, 0.05) is 73.0 Å². The lowest BCUT2D eigenvalue weighted by atomic mass is 10.0. The van der Waals surface area contributed by atoms with Crippen LogP contribution in [0.15, 0.2) is 53.4 Å². The molecule has 0 saturated carbocycles. The van der Waals surface area contributed by atoms with E-state index in [4.69, 9.17) is 11.6 Å². The van der Waals surface area contributed by atoms with E-state index < -0.39 is 5.51 Å². The van der Waals surface area contributed by atoms with Crippen LogP contribution in [0.3, 0.4) is 0 Å². The van der Waals surface area contributed by atoms with Gasteiger partial charge in [-0.25, -0.2) is 0 Å². The van der Waals surface area contributed by atoms with E-state index in [0.29, 0.717) is 24.8 Å². The summed E-state index contributed by atoms with van der Waals surface area (Å²) in [7, 11) is 0. The van der Waals surface area contributed by atoms with E-state index in [9.17, 15) is 18.0 Å². The number of fused-ring (bicyclic) bond motifs is 1. The topological polar surface area (TPSA) is 38.8 Å². The molecule has 0 radical (unpaired) electrons. The van der Waals surface area contributed by atoms with Crippen molar-refractivity contribution in [1.82, 2.24) is 9.80 Å². The third-order valence-electron chi connectivity index (χ3n) is 7.85. The minimum atomic E-state index is -4.29. The third-order valence-corrected chi connectivity index (χ3v) is 8.84. The van der Waals surface area contributed by atoms with Crippen LogP contribution in [0.1, 0.15) is 25.7 Å². The number of halogens is 4. The van der Waals surface area contributed by atoms with Gasteiger partial charge in [-0.2, -0.15) is 13.2 Å². The number of anilines is 2.